The number of anilines is 1. The number of thioether (sulfide) groups is 1. The van der Waals surface area contributed by atoms with Gasteiger partial charge in [0.2, 0.25) is 17.6 Å². The van der Waals surface area contributed by atoms with Crippen molar-refractivity contribution in [3.8, 4) is 11.4 Å². The van der Waals surface area contributed by atoms with Crippen LogP contribution in [0.4, 0.5) is 5.69 Å². The number of hydrogen-bond acceptors (Lipinski definition) is 6. The summed E-state index contributed by atoms with van der Waals surface area (Å²) < 4.78 is 5.48. The van der Waals surface area contributed by atoms with Crippen molar-refractivity contribution >= 4 is 58.2 Å². The third kappa shape index (κ3) is 6.90. The van der Waals surface area contributed by atoms with Crippen LogP contribution in [-0.2, 0) is 17.1 Å². The maximum absolute atomic E-state index is 13.2. The zero-order valence-electron chi connectivity index (χ0n) is 20.4. The van der Waals surface area contributed by atoms with Crippen molar-refractivity contribution in [1.29, 1.82) is 0 Å². The van der Waals surface area contributed by atoms with Crippen LogP contribution in [0.3, 0.4) is 0 Å². The van der Waals surface area contributed by atoms with Crippen LogP contribution < -0.4 is 5.32 Å². The van der Waals surface area contributed by atoms with E-state index in [1.165, 1.54) is 5.56 Å². The average Bonchev–Trinajstić information content (AvgIpc) is 3.37. The number of nitrogens with zero attached hydrogens (tertiary/aromatic N) is 3. The standard InChI is InChI=1S/C28H25Cl3N4O2S/c29-20-9-7-18(8-10-20)17-38-25-6-2-1-5-24(25)32-28(36)19-4-3-13-35(15-19)16-26-33-27(34-37-26)22-12-11-21(30)14-23(22)31/h1-2,5-12,14,19H,3-4,13,15-17H2,(H,32,36). The predicted molar refractivity (Wildman–Crippen MR) is 154 cm³/mol. The molecule has 38 heavy (non-hydrogen) atoms. The first-order valence-electron chi connectivity index (χ1n) is 12.2. The summed E-state index contributed by atoms with van der Waals surface area (Å²) in [6.45, 7) is 1.94. The van der Waals surface area contributed by atoms with Gasteiger partial charge in [0.15, 0.2) is 0 Å². The summed E-state index contributed by atoms with van der Waals surface area (Å²) in [6.07, 6.45) is 1.74. The van der Waals surface area contributed by atoms with E-state index in [0.29, 0.717) is 40.4 Å². The van der Waals surface area contributed by atoms with Gasteiger partial charge in [-0.2, -0.15) is 4.98 Å². The van der Waals surface area contributed by atoms with E-state index in [4.69, 9.17) is 39.3 Å². The van der Waals surface area contributed by atoms with Crippen LogP contribution in [0.5, 0.6) is 0 Å². The number of rotatable bonds is 8. The molecule has 1 aliphatic heterocycles. The summed E-state index contributed by atoms with van der Waals surface area (Å²) in [5.74, 6) is 1.57. The van der Waals surface area contributed by atoms with Crippen LogP contribution in [0, 0.1) is 5.92 Å². The molecule has 0 aliphatic carbocycles. The number of halogens is 3. The second-order valence-electron chi connectivity index (χ2n) is 9.11. The van der Waals surface area contributed by atoms with E-state index >= 15 is 0 Å². The maximum Gasteiger partial charge on any atom is 0.241 e. The fourth-order valence-electron chi connectivity index (χ4n) is 4.38. The van der Waals surface area contributed by atoms with E-state index in [1.807, 2.05) is 48.5 Å². The molecule has 1 atom stereocenters. The van der Waals surface area contributed by atoms with Crippen molar-refractivity contribution in [2.75, 3.05) is 18.4 Å². The van der Waals surface area contributed by atoms with Gasteiger partial charge in [-0.1, -0.05) is 64.2 Å². The number of hydrogen-bond donors (Lipinski definition) is 1. The molecule has 3 aromatic carbocycles. The SMILES string of the molecule is O=C(Nc1ccccc1SCc1ccc(Cl)cc1)C1CCCN(Cc2nc(-c3ccc(Cl)cc3Cl)no2)C1. The normalized spacial score (nSPS) is 15.9. The number of para-hydroxylation sites is 1. The molecule has 5 rings (SSSR count). The second kappa shape index (κ2) is 12.5. The lowest BCUT2D eigenvalue weighted by molar-refractivity contribution is -0.121. The highest BCUT2D eigenvalue weighted by atomic mass is 35.5. The molecule has 2 heterocycles. The number of likely N-dealkylation sites (tertiary alicyclic amines) is 1. The zero-order chi connectivity index (χ0) is 26.5. The number of amides is 1. The molecule has 0 radical (unpaired) electrons. The molecule has 6 nitrogen and oxygen atoms in total. The molecule has 1 fully saturated rings. The van der Waals surface area contributed by atoms with Crippen LogP contribution in [0.2, 0.25) is 15.1 Å². The van der Waals surface area contributed by atoms with E-state index in [-0.39, 0.29) is 11.8 Å². The first kappa shape index (κ1) is 27.0. The highest BCUT2D eigenvalue weighted by molar-refractivity contribution is 7.98. The summed E-state index contributed by atoms with van der Waals surface area (Å²) in [5, 5.41) is 8.97. The van der Waals surface area contributed by atoms with Gasteiger partial charge < -0.3 is 9.84 Å². The summed E-state index contributed by atoms with van der Waals surface area (Å²) >= 11 is 20.0. The van der Waals surface area contributed by atoms with Crippen molar-refractivity contribution in [2.45, 2.75) is 30.0 Å². The average molecular weight is 588 g/mol. The molecule has 0 bridgehead atoms. The van der Waals surface area contributed by atoms with Crippen molar-refractivity contribution < 1.29 is 9.32 Å². The van der Waals surface area contributed by atoms with E-state index < -0.39 is 0 Å². The summed E-state index contributed by atoms with van der Waals surface area (Å²) in [4.78, 5) is 21.0. The smallest absolute Gasteiger partial charge is 0.241 e. The Morgan fingerprint density at radius 1 is 1.05 bits per heavy atom. The number of nitrogens with one attached hydrogen (secondary N) is 1. The molecule has 1 aliphatic rings. The Kier molecular flexibility index (Phi) is 8.92. The van der Waals surface area contributed by atoms with Crippen molar-refractivity contribution in [3.63, 3.8) is 0 Å². The largest absolute Gasteiger partial charge is 0.338 e. The van der Waals surface area contributed by atoms with E-state index in [1.54, 1.807) is 30.0 Å². The van der Waals surface area contributed by atoms with Gasteiger partial charge in [-0.15, -0.1) is 11.8 Å². The van der Waals surface area contributed by atoms with Gasteiger partial charge in [-0.25, -0.2) is 0 Å². The molecule has 4 aromatic rings. The fourth-order valence-corrected chi connectivity index (χ4v) is 5.96. The molecular weight excluding hydrogens is 563 g/mol. The molecular formula is C28H25Cl3N4O2S. The third-order valence-corrected chi connectivity index (χ3v) is 8.27. The highest BCUT2D eigenvalue weighted by Crippen LogP contribution is 2.32. The number of benzene rings is 3. The third-order valence-electron chi connectivity index (χ3n) is 6.33. The number of carbonyl (C=O) groups is 1. The zero-order valence-corrected chi connectivity index (χ0v) is 23.5. The van der Waals surface area contributed by atoms with Gasteiger partial charge in [0.25, 0.3) is 0 Å². The summed E-state index contributed by atoms with van der Waals surface area (Å²) in [6, 6.07) is 20.9. The number of carbonyl (C=O) groups excluding carboxylic acids is 1. The van der Waals surface area contributed by atoms with Crippen molar-refractivity contribution in [2.24, 2.45) is 5.92 Å². The Morgan fingerprint density at radius 2 is 1.84 bits per heavy atom. The minimum Gasteiger partial charge on any atom is -0.338 e. The van der Waals surface area contributed by atoms with Crippen LogP contribution in [0.15, 0.2) is 76.1 Å². The van der Waals surface area contributed by atoms with E-state index in [2.05, 4.69) is 20.4 Å². The monoisotopic (exact) mass is 586 g/mol. The van der Waals surface area contributed by atoms with E-state index in [0.717, 1.165) is 40.7 Å². The molecule has 196 valence electrons. The number of piperidine rings is 1. The minimum atomic E-state index is -0.133. The Labute approximate surface area is 240 Å². The minimum absolute atomic E-state index is 0.0217. The Balaban J connectivity index is 1.19. The molecule has 1 amide bonds. The van der Waals surface area contributed by atoms with Gasteiger partial charge in [-0.3, -0.25) is 9.69 Å². The highest BCUT2D eigenvalue weighted by Gasteiger charge is 2.27. The molecule has 0 spiro atoms. The molecule has 10 heteroatoms. The number of aromatic nitrogens is 2. The quantitative estimate of drug-likeness (QED) is 0.212. The fraction of sp³-hybridized carbons (Fsp3) is 0.250. The van der Waals surface area contributed by atoms with Crippen molar-refractivity contribution in [3.05, 3.63) is 93.3 Å². The molecule has 0 saturated carbocycles. The van der Waals surface area contributed by atoms with Gasteiger partial charge in [0, 0.05) is 32.8 Å². The lowest BCUT2D eigenvalue weighted by atomic mass is 9.97. The van der Waals surface area contributed by atoms with Gasteiger partial charge in [-0.05, 0) is 67.4 Å². The Morgan fingerprint density at radius 3 is 2.66 bits per heavy atom. The van der Waals surface area contributed by atoms with Crippen LogP contribution in [-0.4, -0.2) is 34.0 Å². The lowest BCUT2D eigenvalue weighted by Gasteiger charge is -2.31. The molecule has 1 unspecified atom stereocenters. The predicted octanol–water partition coefficient (Wildman–Crippen LogP) is 7.84. The maximum atomic E-state index is 13.2. The first-order valence-corrected chi connectivity index (χ1v) is 14.3. The van der Waals surface area contributed by atoms with Gasteiger partial charge >= 0.3 is 0 Å². The van der Waals surface area contributed by atoms with Crippen LogP contribution in [0.25, 0.3) is 11.4 Å². The molecule has 1 aromatic heterocycles. The lowest BCUT2D eigenvalue weighted by Crippen LogP contribution is -2.40. The summed E-state index contributed by atoms with van der Waals surface area (Å²) in [7, 11) is 0. The van der Waals surface area contributed by atoms with Gasteiger partial charge in [0.1, 0.15) is 0 Å². The molecule has 1 saturated heterocycles. The van der Waals surface area contributed by atoms with E-state index in [9.17, 15) is 4.79 Å². The molecule has 1 N–H and O–H groups in total. The second-order valence-corrected chi connectivity index (χ2v) is 11.4. The van der Waals surface area contributed by atoms with Crippen LogP contribution >= 0.6 is 46.6 Å². The van der Waals surface area contributed by atoms with Gasteiger partial charge in [0.05, 0.1) is 23.2 Å². The Hall–Kier alpha value is -2.55. The summed E-state index contributed by atoms with van der Waals surface area (Å²) in [5.41, 5.74) is 2.66. The topological polar surface area (TPSA) is 71.3 Å². The van der Waals surface area contributed by atoms with Crippen LogP contribution in [0.1, 0.15) is 24.3 Å². The van der Waals surface area contributed by atoms with Crippen molar-refractivity contribution in [1.82, 2.24) is 15.0 Å². The first-order chi connectivity index (χ1) is 18.4. The Bertz CT molecular complexity index is 1410.